The second-order valence-electron chi connectivity index (χ2n) is 4.29. The summed E-state index contributed by atoms with van der Waals surface area (Å²) in [5, 5.41) is 0. The quantitative estimate of drug-likeness (QED) is 0.374. The van der Waals surface area contributed by atoms with Gasteiger partial charge in [0.2, 0.25) is 0 Å². The Balaban J connectivity index is 2.89. The molecule has 0 aliphatic carbocycles. The first kappa shape index (κ1) is 15.2. The van der Waals surface area contributed by atoms with E-state index in [0.29, 0.717) is 6.42 Å². The molecule has 0 fully saturated rings. The molecule has 0 rings (SSSR count). The van der Waals surface area contributed by atoms with Crippen molar-refractivity contribution >= 4 is 20.6 Å². The summed E-state index contributed by atoms with van der Waals surface area (Å²) in [6, 6.07) is 0. The maximum Gasteiger partial charge on any atom is 0.197 e. The molecule has 0 amide bonds. The highest BCUT2D eigenvalue weighted by molar-refractivity contribution is 9.18. The van der Waals surface area contributed by atoms with Crippen molar-refractivity contribution in [2.24, 2.45) is 0 Å². The number of hydrogen-bond donors (Lipinski definition) is 0. The molecule has 0 aromatic heterocycles. The lowest BCUT2D eigenvalue weighted by Gasteiger charge is -2.01. The average molecular weight is 277 g/mol. The second kappa shape index (κ2) is 12.2. The molecule has 0 radical (unpaired) electrons. The zero-order chi connectivity index (χ0) is 11.4. The van der Waals surface area contributed by atoms with E-state index in [4.69, 9.17) is 0 Å². The maximum absolute atomic E-state index is 10.6. The molecule has 2 heteroatoms. The fourth-order valence-electron chi connectivity index (χ4n) is 1.75. The van der Waals surface area contributed by atoms with Crippen molar-refractivity contribution < 1.29 is 4.79 Å². The Bertz CT molecular complexity index is 145. The van der Waals surface area contributed by atoms with Gasteiger partial charge in [-0.05, 0) is 22.4 Å². The fraction of sp³-hybridized carbons (Fsp3) is 0.923. The van der Waals surface area contributed by atoms with Crippen LogP contribution in [0.2, 0.25) is 0 Å². The summed E-state index contributed by atoms with van der Waals surface area (Å²) in [5.74, 6) is 0. The first-order chi connectivity index (χ1) is 7.27. The number of rotatable bonds is 11. The highest BCUT2D eigenvalue weighted by atomic mass is 79.9. The number of hydrogen-bond acceptors (Lipinski definition) is 1. The predicted molar refractivity (Wildman–Crippen MR) is 70.4 cm³/mol. The van der Waals surface area contributed by atoms with Gasteiger partial charge in [-0.3, -0.25) is 4.79 Å². The largest absolute Gasteiger partial charge is 0.287 e. The second-order valence-corrected chi connectivity index (χ2v) is 5.17. The van der Waals surface area contributed by atoms with Crippen LogP contribution in [-0.2, 0) is 4.79 Å². The molecule has 0 bridgehead atoms. The van der Waals surface area contributed by atoms with Crippen molar-refractivity contribution in [3.8, 4) is 0 Å². The summed E-state index contributed by atoms with van der Waals surface area (Å²) in [5.41, 5.74) is 0. The van der Waals surface area contributed by atoms with E-state index in [1.54, 1.807) is 0 Å². The summed E-state index contributed by atoms with van der Waals surface area (Å²) >= 11 is 2.95. The van der Waals surface area contributed by atoms with Crippen molar-refractivity contribution in [1.29, 1.82) is 0 Å². The van der Waals surface area contributed by atoms with Crippen LogP contribution in [0.15, 0.2) is 0 Å². The third kappa shape index (κ3) is 14.2. The lowest BCUT2D eigenvalue weighted by Crippen LogP contribution is -1.86. The zero-order valence-electron chi connectivity index (χ0n) is 10.1. The van der Waals surface area contributed by atoms with Crippen LogP contribution in [0.3, 0.4) is 0 Å². The summed E-state index contributed by atoms with van der Waals surface area (Å²) in [4.78, 5) is 10.6. The molecular weight excluding hydrogens is 252 g/mol. The Kier molecular flexibility index (Phi) is 12.3. The van der Waals surface area contributed by atoms with E-state index in [2.05, 4.69) is 22.9 Å². The van der Waals surface area contributed by atoms with Crippen LogP contribution in [0.5, 0.6) is 0 Å². The Hall–Kier alpha value is 0.150. The molecule has 0 aromatic rings. The van der Waals surface area contributed by atoms with Crippen LogP contribution >= 0.6 is 15.9 Å². The lowest BCUT2D eigenvalue weighted by molar-refractivity contribution is -0.110. The highest BCUT2D eigenvalue weighted by Crippen LogP contribution is 2.11. The van der Waals surface area contributed by atoms with Gasteiger partial charge < -0.3 is 0 Å². The Morgan fingerprint density at radius 1 is 0.800 bits per heavy atom. The van der Waals surface area contributed by atoms with Crippen LogP contribution < -0.4 is 0 Å². The molecule has 90 valence electrons. The van der Waals surface area contributed by atoms with Gasteiger partial charge in [0.15, 0.2) is 4.69 Å². The van der Waals surface area contributed by atoms with Gasteiger partial charge in [-0.25, -0.2) is 0 Å². The van der Waals surface area contributed by atoms with E-state index < -0.39 is 0 Å². The minimum atomic E-state index is 0.155. The smallest absolute Gasteiger partial charge is 0.197 e. The topological polar surface area (TPSA) is 17.1 Å². The molecule has 0 heterocycles. The SMILES string of the molecule is CCCCCCCCCCCCC(=O)Br. The molecule has 1 nitrogen and oxygen atoms in total. The van der Waals surface area contributed by atoms with Crippen molar-refractivity contribution in [3.05, 3.63) is 0 Å². The molecule has 0 unspecified atom stereocenters. The standard InChI is InChI=1S/C13H25BrO/c1-2-3-4-5-6-7-8-9-10-11-12-13(14)15/h2-12H2,1H3. The maximum atomic E-state index is 10.6. The van der Waals surface area contributed by atoms with Gasteiger partial charge in [-0.15, -0.1) is 0 Å². The predicted octanol–water partition coefficient (Wildman–Crippen LogP) is 5.22. The molecule has 0 spiro atoms. The Morgan fingerprint density at radius 2 is 1.20 bits per heavy atom. The third-order valence-corrected chi connectivity index (χ3v) is 3.12. The van der Waals surface area contributed by atoms with Crippen molar-refractivity contribution in [2.75, 3.05) is 0 Å². The molecule has 0 aliphatic heterocycles. The molecule has 0 aromatic carbocycles. The van der Waals surface area contributed by atoms with Crippen LogP contribution in [-0.4, -0.2) is 4.69 Å². The first-order valence-corrected chi connectivity index (χ1v) is 7.25. The van der Waals surface area contributed by atoms with Gasteiger partial charge in [0.1, 0.15) is 0 Å². The third-order valence-electron chi connectivity index (χ3n) is 2.73. The van der Waals surface area contributed by atoms with Crippen molar-refractivity contribution in [3.63, 3.8) is 0 Å². The van der Waals surface area contributed by atoms with Crippen LogP contribution in [0.1, 0.15) is 77.6 Å². The van der Waals surface area contributed by atoms with E-state index >= 15 is 0 Å². The van der Waals surface area contributed by atoms with Crippen molar-refractivity contribution in [1.82, 2.24) is 0 Å². The average Bonchev–Trinajstić information content (AvgIpc) is 2.20. The monoisotopic (exact) mass is 276 g/mol. The number of unbranched alkanes of at least 4 members (excludes halogenated alkanes) is 9. The summed E-state index contributed by atoms with van der Waals surface area (Å²) in [6.07, 6.45) is 14.0. The van der Waals surface area contributed by atoms with Gasteiger partial charge in [0, 0.05) is 6.42 Å². The van der Waals surface area contributed by atoms with E-state index in [9.17, 15) is 4.79 Å². The molecule has 0 atom stereocenters. The molecule has 0 saturated carbocycles. The summed E-state index contributed by atoms with van der Waals surface area (Å²) in [6.45, 7) is 2.26. The molecule has 0 aliphatic rings. The molecular formula is C13H25BrO. The molecule has 0 saturated heterocycles. The van der Waals surface area contributed by atoms with Gasteiger partial charge in [0.25, 0.3) is 0 Å². The van der Waals surface area contributed by atoms with Gasteiger partial charge in [-0.2, -0.15) is 0 Å². The Labute approximate surface area is 103 Å². The zero-order valence-corrected chi connectivity index (χ0v) is 11.7. The van der Waals surface area contributed by atoms with Crippen LogP contribution in [0, 0.1) is 0 Å². The van der Waals surface area contributed by atoms with Crippen LogP contribution in [0.25, 0.3) is 0 Å². The number of halogens is 1. The lowest BCUT2D eigenvalue weighted by atomic mass is 10.1. The number of carbonyl (C=O) groups excluding carboxylic acids is 1. The number of carbonyl (C=O) groups is 1. The minimum absolute atomic E-state index is 0.155. The van der Waals surface area contributed by atoms with E-state index in [0.717, 1.165) is 6.42 Å². The highest BCUT2D eigenvalue weighted by Gasteiger charge is 1.95. The first-order valence-electron chi connectivity index (χ1n) is 6.45. The molecule has 15 heavy (non-hydrogen) atoms. The van der Waals surface area contributed by atoms with Gasteiger partial charge in [0.05, 0.1) is 0 Å². The van der Waals surface area contributed by atoms with E-state index in [1.807, 2.05) is 0 Å². The minimum Gasteiger partial charge on any atom is -0.287 e. The fourth-order valence-corrected chi connectivity index (χ4v) is 2.03. The summed E-state index contributed by atoms with van der Waals surface area (Å²) < 4.78 is 0.155. The summed E-state index contributed by atoms with van der Waals surface area (Å²) in [7, 11) is 0. The Morgan fingerprint density at radius 3 is 1.60 bits per heavy atom. The molecule has 0 N–H and O–H groups in total. The van der Waals surface area contributed by atoms with Crippen molar-refractivity contribution in [2.45, 2.75) is 77.6 Å². The normalized spacial score (nSPS) is 10.5. The van der Waals surface area contributed by atoms with Crippen LogP contribution in [0.4, 0.5) is 0 Å². The van der Waals surface area contributed by atoms with E-state index in [-0.39, 0.29) is 4.69 Å². The van der Waals surface area contributed by atoms with Gasteiger partial charge >= 0.3 is 0 Å². The van der Waals surface area contributed by atoms with E-state index in [1.165, 1.54) is 57.8 Å². The van der Waals surface area contributed by atoms with Gasteiger partial charge in [-0.1, -0.05) is 64.7 Å².